The Labute approximate surface area is 193 Å². The summed E-state index contributed by atoms with van der Waals surface area (Å²) in [4.78, 5) is 11.7. The largest absolute Gasteiger partial charge is 0.423 e. The standard InChI is InChI=1S/C22H19F9N2O2/c23-20(24,25)15-7-14(8-16(9-15)21(26,27)28)19(35,22(29,30)31)11-33-17-5-1-12(2-6-17)10-32-18(34)13-3-4-13/h1-2,5-9,13,33,35H,3-4,10-11H2,(H,32,34)/t19-/m0/s1. The Morgan fingerprint density at radius 3 is 1.74 bits per heavy atom. The highest BCUT2D eigenvalue weighted by Gasteiger charge is 2.56. The predicted octanol–water partition coefficient (Wildman–Crippen LogP) is 5.61. The van der Waals surface area contributed by atoms with Crippen LogP contribution in [0, 0.1) is 5.92 Å². The summed E-state index contributed by atoms with van der Waals surface area (Å²) in [6.07, 6.45) is -14.8. The fourth-order valence-electron chi connectivity index (χ4n) is 3.21. The lowest BCUT2D eigenvalue weighted by Gasteiger charge is -2.32. The zero-order valence-corrected chi connectivity index (χ0v) is 17.7. The van der Waals surface area contributed by atoms with Crippen LogP contribution in [0.3, 0.4) is 0 Å². The molecule has 2 aromatic carbocycles. The number of benzene rings is 2. The van der Waals surface area contributed by atoms with E-state index < -0.39 is 47.4 Å². The molecule has 1 saturated carbocycles. The summed E-state index contributed by atoms with van der Waals surface area (Å²) in [5, 5.41) is 15.2. The first-order valence-corrected chi connectivity index (χ1v) is 10.2. The maximum atomic E-state index is 13.8. The van der Waals surface area contributed by atoms with Gasteiger partial charge >= 0.3 is 18.5 Å². The van der Waals surface area contributed by atoms with E-state index in [9.17, 15) is 49.4 Å². The van der Waals surface area contributed by atoms with Gasteiger partial charge in [-0.1, -0.05) is 12.1 Å². The minimum absolute atomic E-state index is 0.00738. The molecule has 1 aliphatic rings. The molecule has 0 spiro atoms. The third-order valence-electron chi connectivity index (χ3n) is 5.45. The summed E-state index contributed by atoms with van der Waals surface area (Å²) < 4.78 is 120. The normalized spacial score (nSPS) is 16.5. The van der Waals surface area contributed by atoms with Crippen molar-refractivity contribution in [2.24, 2.45) is 5.92 Å². The van der Waals surface area contributed by atoms with Crippen LogP contribution in [0.25, 0.3) is 0 Å². The Balaban J connectivity index is 1.84. The average Bonchev–Trinajstić information content (AvgIpc) is 3.59. The molecule has 1 amide bonds. The van der Waals surface area contributed by atoms with Gasteiger partial charge in [-0.3, -0.25) is 4.79 Å². The number of alkyl halides is 9. The minimum atomic E-state index is -5.62. The lowest BCUT2D eigenvalue weighted by atomic mass is 9.89. The summed E-state index contributed by atoms with van der Waals surface area (Å²) in [5.74, 6) is -0.147. The van der Waals surface area contributed by atoms with Gasteiger partial charge in [0.05, 0.1) is 17.7 Å². The van der Waals surface area contributed by atoms with E-state index in [0.717, 1.165) is 12.8 Å². The van der Waals surface area contributed by atoms with Gasteiger partial charge in [0.15, 0.2) is 0 Å². The van der Waals surface area contributed by atoms with Crippen LogP contribution in [0.1, 0.15) is 35.1 Å². The zero-order chi connectivity index (χ0) is 26.2. The second-order valence-corrected chi connectivity index (χ2v) is 8.20. The number of anilines is 1. The van der Waals surface area contributed by atoms with Crippen LogP contribution in [0.4, 0.5) is 45.2 Å². The van der Waals surface area contributed by atoms with Gasteiger partial charge < -0.3 is 15.7 Å². The van der Waals surface area contributed by atoms with Crippen molar-refractivity contribution in [2.75, 3.05) is 11.9 Å². The van der Waals surface area contributed by atoms with Gasteiger partial charge in [-0.25, -0.2) is 0 Å². The molecule has 0 aromatic heterocycles. The van der Waals surface area contributed by atoms with E-state index in [1.165, 1.54) is 24.3 Å². The van der Waals surface area contributed by atoms with Crippen molar-refractivity contribution in [3.63, 3.8) is 0 Å². The summed E-state index contributed by atoms with van der Waals surface area (Å²) in [6.45, 7) is -1.31. The molecule has 0 bridgehead atoms. The molecule has 0 aliphatic heterocycles. The van der Waals surface area contributed by atoms with E-state index in [2.05, 4.69) is 10.6 Å². The third-order valence-corrected chi connectivity index (χ3v) is 5.45. The number of amides is 1. The zero-order valence-electron chi connectivity index (χ0n) is 17.7. The molecule has 0 heterocycles. The minimum Gasteiger partial charge on any atom is -0.381 e. The molecular formula is C22H19F9N2O2. The van der Waals surface area contributed by atoms with E-state index in [1.54, 1.807) is 0 Å². The fourth-order valence-corrected chi connectivity index (χ4v) is 3.21. The highest BCUT2D eigenvalue weighted by molar-refractivity contribution is 5.80. The molecule has 192 valence electrons. The van der Waals surface area contributed by atoms with Crippen molar-refractivity contribution in [2.45, 2.75) is 43.5 Å². The van der Waals surface area contributed by atoms with Gasteiger partial charge in [-0.15, -0.1) is 0 Å². The Kier molecular flexibility index (Phi) is 7.04. The van der Waals surface area contributed by atoms with E-state index in [1.807, 2.05) is 0 Å². The van der Waals surface area contributed by atoms with Gasteiger partial charge in [-0.05, 0) is 54.3 Å². The molecule has 0 unspecified atom stereocenters. The fraction of sp³-hybridized carbons (Fsp3) is 0.409. The molecule has 2 aromatic rings. The molecule has 1 atom stereocenters. The lowest BCUT2D eigenvalue weighted by molar-refractivity contribution is -0.261. The molecule has 1 aliphatic carbocycles. The predicted molar refractivity (Wildman–Crippen MR) is 106 cm³/mol. The van der Waals surface area contributed by atoms with Crippen LogP contribution < -0.4 is 10.6 Å². The molecule has 35 heavy (non-hydrogen) atoms. The lowest BCUT2D eigenvalue weighted by Crippen LogP contribution is -2.48. The van der Waals surface area contributed by atoms with Crippen LogP contribution in [0.2, 0.25) is 0 Å². The summed E-state index contributed by atoms with van der Waals surface area (Å²) in [6, 6.07) is 4.86. The smallest absolute Gasteiger partial charge is 0.381 e. The maximum Gasteiger partial charge on any atom is 0.423 e. The van der Waals surface area contributed by atoms with Gasteiger partial charge in [0.1, 0.15) is 0 Å². The Bertz CT molecular complexity index is 1030. The summed E-state index contributed by atoms with van der Waals surface area (Å²) in [7, 11) is 0. The molecule has 13 heteroatoms. The van der Waals surface area contributed by atoms with Gasteiger partial charge in [0, 0.05) is 18.2 Å². The molecule has 4 nitrogen and oxygen atoms in total. The van der Waals surface area contributed by atoms with Crippen LogP contribution in [0.15, 0.2) is 42.5 Å². The number of carbonyl (C=O) groups excluding carboxylic acids is 1. The first-order chi connectivity index (χ1) is 16.0. The van der Waals surface area contributed by atoms with Crippen LogP contribution in [0.5, 0.6) is 0 Å². The molecule has 0 saturated heterocycles. The van der Waals surface area contributed by atoms with Crippen molar-refractivity contribution < 1.29 is 49.4 Å². The highest BCUT2D eigenvalue weighted by Crippen LogP contribution is 2.44. The van der Waals surface area contributed by atoms with Crippen molar-refractivity contribution >= 4 is 11.6 Å². The number of rotatable bonds is 7. The highest BCUT2D eigenvalue weighted by atomic mass is 19.4. The molecular weight excluding hydrogens is 495 g/mol. The number of carbonyl (C=O) groups is 1. The van der Waals surface area contributed by atoms with Crippen molar-refractivity contribution in [3.05, 3.63) is 64.7 Å². The second-order valence-electron chi connectivity index (χ2n) is 8.20. The number of hydrogen-bond acceptors (Lipinski definition) is 3. The first kappa shape index (κ1) is 26.6. The van der Waals surface area contributed by atoms with Gasteiger partial charge in [-0.2, -0.15) is 39.5 Å². The second kappa shape index (κ2) is 9.25. The summed E-state index contributed by atoms with van der Waals surface area (Å²) >= 11 is 0. The van der Waals surface area contributed by atoms with E-state index in [0.29, 0.717) is 5.56 Å². The quantitative estimate of drug-likeness (QED) is 0.421. The molecule has 3 rings (SSSR count). The van der Waals surface area contributed by atoms with Crippen molar-refractivity contribution in [1.82, 2.24) is 5.32 Å². The van der Waals surface area contributed by atoms with Crippen LogP contribution in [-0.4, -0.2) is 23.7 Å². The van der Waals surface area contributed by atoms with E-state index >= 15 is 0 Å². The molecule has 0 radical (unpaired) electrons. The van der Waals surface area contributed by atoms with Gasteiger partial charge in [0.2, 0.25) is 11.5 Å². The average molecular weight is 514 g/mol. The molecule has 3 N–H and O–H groups in total. The van der Waals surface area contributed by atoms with Crippen molar-refractivity contribution in [3.8, 4) is 0 Å². The maximum absolute atomic E-state index is 13.8. The van der Waals surface area contributed by atoms with E-state index in [4.69, 9.17) is 0 Å². The monoisotopic (exact) mass is 514 g/mol. The van der Waals surface area contributed by atoms with Crippen LogP contribution in [-0.2, 0) is 29.3 Å². The topological polar surface area (TPSA) is 61.4 Å². The number of hydrogen-bond donors (Lipinski definition) is 3. The third kappa shape index (κ3) is 6.38. The van der Waals surface area contributed by atoms with Crippen molar-refractivity contribution in [1.29, 1.82) is 0 Å². The number of halogens is 9. The number of nitrogens with one attached hydrogen (secondary N) is 2. The Hall–Kier alpha value is -2.96. The summed E-state index contributed by atoms with van der Waals surface area (Å²) in [5.41, 5.74) is -9.05. The van der Waals surface area contributed by atoms with Crippen LogP contribution >= 0.6 is 0 Å². The Morgan fingerprint density at radius 2 is 1.31 bits per heavy atom. The number of aliphatic hydroxyl groups is 1. The van der Waals surface area contributed by atoms with E-state index in [-0.39, 0.29) is 42.3 Å². The van der Waals surface area contributed by atoms with Gasteiger partial charge in [0.25, 0.3) is 0 Å². The SMILES string of the molecule is O=C(NCc1ccc(NC[C@](O)(c2cc(C(F)(F)F)cc(C(F)(F)F)c2)C(F)(F)F)cc1)C1CC1. The molecule has 1 fully saturated rings. The first-order valence-electron chi connectivity index (χ1n) is 10.2. The Morgan fingerprint density at radius 1 is 0.829 bits per heavy atom.